The van der Waals surface area contributed by atoms with E-state index in [9.17, 15) is 9.90 Å². The Labute approximate surface area is 256 Å². The SMILES string of the molecule is CCCCCCCCCOc1ccc([S+](c2ccccc2)c2ccccc2)cc1.O=C([O-])C12CC3CC(CC(C3)C1)C2. The number of carboxylic acid groups (broad SMARTS) is 1. The first-order chi connectivity index (χ1) is 20.6. The number of unbranched alkanes of at least 4 members (excludes halogenated alkanes) is 6. The molecule has 0 amide bonds. The number of hydrogen-bond donors (Lipinski definition) is 0. The lowest BCUT2D eigenvalue weighted by molar-refractivity contribution is -0.327. The van der Waals surface area contributed by atoms with Gasteiger partial charge in [-0.2, -0.15) is 0 Å². The number of carbonyl (C=O) groups is 1. The zero-order valence-corrected chi connectivity index (χ0v) is 26.2. The Morgan fingerprint density at radius 1 is 0.690 bits per heavy atom. The van der Waals surface area contributed by atoms with Gasteiger partial charge >= 0.3 is 0 Å². The Bertz CT molecular complexity index is 1150. The molecular weight excluding hydrogens is 536 g/mol. The van der Waals surface area contributed by atoms with Gasteiger partial charge in [0.25, 0.3) is 0 Å². The number of carboxylic acids is 1. The van der Waals surface area contributed by atoms with E-state index in [4.69, 9.17) is 4.74 Å². The summed E-state index contributed by atoms with van der Waals surface area (Å²) in [5.41, 5.74) is -0.394. The highest BCUT2D eigenvalue weighted by Crippen LogP contribution is 2.59. The van der Waals surface area contributed by atoms with Gasteiger partial charge in [-0.1, -0.05) is 81.8 Å². The molecule has 7 rings (SSSR count). The van der Waals surface area contributed by atoms with Crippen molar-refractivity contribution in [1.29, 1.82) is 0 Å². The van der Waals surface area contributed by atoms with Crippen molar-refractivity contribution in [3.8, 4) is 5.75 Å². The fraction of sp³-hybridized carbons (Fsp3) is 0.500. The summed E-state index contributed by atoms with van der Waals surface area (Å²) in [5, 5.41) is 11.1. The van der Waals surface area contributed by atoms with E-state index < -0.39 is 11.4 Å². The maximum absolute atomic E-state index is 11.1. The van der Waals surface area contributed by atoms with Crippen LogP contribution in [0.3, 0.4) is 0 Å². The predicted molar refractivity (Wildman–Crippen MR) is 171 cm³/mol. The van der Waals surface area contributed by atoms with E-state index in [2.05, 4.69) is 91.9 Å². The molecule has 0 heterocycles. The lowest BCUT2D eigenvalue weighted by Crippen LogP contribution is -2.54. The zero-order chi connectivity index (χ0) is 29.2. The van der Waals surface area contributed by atoms with Crippen molar-refractivity contribution in [1.82, 2.24) is 0 Å². The molecule has 4 bridgehead atoms. The van der Waals surface area contributed by atoms with E-state index in [0.29, 0.717) is 17.8 Å². The third kappa shape index (κ3) is 8.01. The van der Waals surface area contributed by atoms with Gasteiger partial charge < -0.3 is 14.6 Å². The van der Waals surface area contributed by atoms with Gasteiger partial charge in [0.15, 0.2) is 14.7 Å². The Morgan fingerprint density at radius 3 is 1.62 bits per heavy atom. The summed E-state index contributed by atoms with van der Waals surface area (Å²) in [4.78, 5) is 15.2. The van der Waals surface area contributed by atoms with Gasteiger partial charge in [0, 0.05) is 11.4 Å². The Hall–Kier alpha value is -2.72. The normalized spacial score (nSPS) is 23.8. The van der Waals surface area contributed by atoms with Crippen LogP contribution >= 0.6 is 0 Å². The summed E-state index contributed by atoms with van der Waals surface area (Å²) in [6.07, 6.45) is 15.8. The Balaban J connectivity index is 0.000000222. The molecule has 4 heteroatoms. The third-order valence-electron chi connectivity index (χ3n) is 9.51. The van der Waals surface area contributed by atoms with E-state index in [1.54, 1.807) is 0 Å². The zero-order valence-electron chi connectivity index (χ0n) is 25.3. The highest BCUT2D eigenvalue weighted by atomic mass is 32.2. The first-order valence-electron chi connectivity index (χ1n) is 16.3. The minimum Gasteiger partial charge on any atom is -0.550 e. The van der Waals surface area contributed by atoms with E-state index in [0.717, 1.165) is 38.0 Å². The molecule has 3 nitrogen and oxygen atoms in total. The van der Waals surface area contributed by atoms with E-state index in [1.165, 1.54) is 72.5 Å². The maximum atomic E-state index is 11.1. The Kier molecular flexibility index (Phi) is 11.1. The van der Waals surface area contributed by atoms with Crippen LogP contribution in [0.4, 0.5) is 0 Å². The molecule has 4 saturated carbocycles. The minimum atomic E-state index is -0.758. The Morgan fingerprint density at radius 2 is 1.14 bits per heavy atom. The quantitative estimate of drug-likeness (QED) is 0.149. The van der Waals surface area contributed by atoms with Crippen LogP contribution in [0.2, 0.25) is 0 Å². The van der Waals surface area contributed by atoms with Gasteiger partial charge in [0.1, 0.15) is 5.75 Å². The molecule has 4 aliphatic rings. The maximum Gasteiger partial charge on any atom is 0.166 e. The molecule has 0 atom stereocenters. The highest BCUT2D eigenvalue weighted by Gasteiger charge is 2.51. The van der Waals surface area contributed by atoms with Crippen LogP contribution in [-0.2, 0) is 15.7 Å². The standard InChI is InChI=1S/C27H33OS.C11H16O2/c1-2-3-4-5-6-7-14-23-28-24-19-21-27(22-20-24)29(25-15-10-8-11-16-25)26-17-12-9-13-18-26;12-10(13)11-4-7-1-8(5-11)3-9(2-7)6-11/h8-13,15-22H,2-7,14,23H2,1H3;7-9H,1-6H2,(H,12,13)/q+1;/p-1. The van der Waals surface area contributed by atoms with Crippen LogP contribution in [0, 0.1) is 23.2 Å². The van der Waals surface area contributed by atoms with Crippen molar-refractivity contribution < 1.29 is 14.6 Å². The smallest absolute Gasteiger partial charge is 0.166 e. The fourth-order valence-electron chi connectivity index (χ4n) is 7.80. The van der Waals surface area contributed by atoms with Crippen LogP contribution in [0.1, 0.15) is 90.4 Å². The van der Waals surface area contributed by atoms with Crippen molar-refractivity contribution in [2.24, 2.45) is 23.2 Å². The van der Waals surface area contributed by atoms with Crippen LogP contribution in [0.25, 0.3) is 0 Å². The second-order valence-electron chi connectivity index (χ2n) is 12.9. The lowest BCUT2D eigenvalue weighted by atomic mass is 9.49. The molecule has 42 heavy (non-hydrogen) atoms. The topological polar surface area (TPSA) is 49.4 Å². The van der Waals surface area contributed by atoms with Gasteiger partial charge in [-0.3, -0.25) is 0 Å². The van der Waals surface area contributed by atoms with E-state index in [-0.39, 0.29) is 10.9 Å². The highest BCUT2D eigenvalue weighted by molar-refractivity contribution is 7.97. The van der Waals surface area contributed by atoms with Gasteiger partial charge in [0.2, 0.25) is 0 Å². The summed E-state index contributed by atoms with van der Waals surface area (Å²) in [5.74, 6) is 2.36. The molecule has 0 unspecified atom stereocenters. The van der Waals surface area contributed by atoms with Crippen molar-refractivity contribution in [3.63, 3.8) is 0 Å². The monoisotopic (exact) mass is 584 g/mol. The molecule has 0 radical (unpaired) electrons. The summed E-state index contributed by atoms with van der Waals surface area (Å²) in [6, 6.07) is 30.3. The average molecular weight is 585 g/mol. The van der Waals surface area contributed by atoms with Crippen LogP contribution in [0.5, 0.6) is 5.75 Å². The molecule has 0 saturated heterocycles. The second-order valence-corrected chi connectivity index (χ2v) is 14.9. The summed E-state index contributed by atoms with van der Waals surface area (Å²) < 4.78 is 5.98. The summed E-state index contributed by atoms with van der Waals surface area (Å²) >= 11 is 0. The number of rotatable bonds is 13. The lowest BCUT2D eigenvalue weighted by Gasteiger charge is -2.57. The third-order valence-corrected chi connectivity index (χ3v) is 11.7. The molecule has 4 aliphatic carbocycles. The van der Waals surface area contributed by atoms with Crippen molar-refractivity contribution in [2.45, 2.75) is 105 Å². The molecule has 0 aliphatic heterocycles. The van der Waals surface area contributed by atoms with Crippen molar-refractivity contribution >= 4 is 16.9 Å². The largest absolute Gasteiger partial charge is 0.550 e. The van der Waals surface area contributed by atoms with Gasteiger partial charge in [-0.25, -0.2) is 0 Å². The van der Waals surface area contributed by atoms with Crippen LogP contribution in [0.15, 0.2) is 99.6 Å². The molecule has 0 aromatic heterocycles. The van der Waals surface area contributed by atoms with Gasteiger partial charge in [-0.15, -0.1) is 0 Å². The molecule has 224 valence electrons. The summed E-state index contributed by atoms with van der Waals surface area (Å²) in [7, 11) is -0.0915. The first-order valence-corrected chi connectivity index (χ1v) is 17.6. The summed E-state index contributed by atoms with van der Waals surface area (Å²) in [6.45, 7) is 3.08. The van der Waals surface area contributed by atoms with Crippen molar-refractivity contribution in [2.75, 3.05) is 6.61 Å². The molecule has 4 fully saturated rings. The van der Waals surface area contributed by atoms with Gasteiger partial charge in [0.05, 0.1) is 17.5 Å². The second kappa shape index (κ2) is 15.1. The average Bonchev–Trinajstić information content (AvgIpc) is 3.00. The molecule has 0 spiro atoms. The molecule has 3 aromatic carbocycles. The van der Waals surface area contributed by atoms with Crippen molar-refractivity contribution in [3.05, 3.63) is 84.9 Å². The minimum absolute atomic E-state index is 0.0915. The predicted octanol–water partition coefficient (Wildman–Crippen LogP) is 8.86. The molecular formula is C38H48O3S. The number of hydrogen-bond acceptors (Lipinski definition) is 3. The van der Waals surface area contributed by atoms with E-state index in [1.807, 2.05) is 0 Å². The van der Waals surface area contributed by atoms with Gasteiger partial charge in [-0.05, 0) is 111 Å². The molecule has 0 N–H and O–H groups in total. The number of ether oxygens (including phenoxy) is 1. The fourth-order valence-corrected chi connectivity index (χ4v) is 9.89. The number of aliphatic carboxylic acids is 1. The molecule has 3 aromatic rings. The number of carbonyl (C=O) groups excluding carboxylic acids is 1. The first kappa shape index (κ1) is 30.7. The van der Waals surface area contributed by atoms with Crippen LogP contribution in [-0.4, -0.2) is 12.6 Å². The van der Waals surface area contributed by atoms with Crippen LogP contribution < -0.4 is 9.84 Å². The number of benzene rings is 3. The van der Waals surface area contributed by atoms with E-state index >= 15 is 0 Å².